The molecule has 0 fully saturated rings. The van der Waals surface area contributed by atoms with Gasteiger partial charge in [0.2, 0.25) is 10.0 Å². The molecule has 0 spiro atoms. The molecule has 0 aliphatic carbocycles. The second kappa shape index (κ2) is 4.59. The van der Waals surface area contributed by atoms with Crippen LogP contribution in [0.2, 0.25) is 0 Å². The normalized spacial score (nSPS) is 11.9. The summed E-state index contributed by atoms with van der Waals surface area (Å²) < 4.78 is 24.9. The second-order valence-electron chi connectivity index (χ2n) is 2.85. The van der Waals surface area contributed by atoms with Gasteiger partial charge in [-0.1, -0.05) is 6.92 Å². The number of rotatable bonds is 5. The first-order valence-electron chi connectivity index (χ1n) is 4.41. The molecule has 1 heterocycles. The number of hydrogen-bond acceptors (Lipinski definition) is 3. The maximum absolute atomic E-state index is 11.3. The molecule has 0 aliphatic rings. The van der Waals surface area contributed by atoms with Gasteiger partial charge in [-0.15, -0.1) is 0 Å². The standard InChI is InChI=1S/C8H15N3O2S/c1-3-10-5-7-4-8(6-11-7)14(12,13)9-2/h4,6,9-11H,3,5H2,1-2H3. The van der Waals surface area contributed by atoms with E-state index in [1.807, 2.05) is 6.92 Å². The third-order valence-corrected chi connectivity index (χ3v) is 3.25. The van der Waals surface area contributed by atoms with Crippen molar-refractivity contribution >= 4 is 10.0 Å². The van der Waals surface area contributed by atoms with Crippen molar-refractivity contribution in [2.45, 2.75) is 18.4 Å². The Kier molecular flexibility index (Phi) is 3.68. The highest BCUT2D eigenvalue weighted by Crippen LogP contribution is 2.09. The lowest BCUT2D eigenvalue weighted by molar-refractivity contribution is 0.588. The van der Waals surface area contributed by atoms with Crippen molar-refractivity contribution in [2.24, 2.45) is 0 Å². The van der Waals surface area contributed by atoms with E-state index in [4.69, 9.17) is 0 Å². The molecule has 1 aromatic heterocycles. The van der Waals surface area contributed by atoms with E-state index in [9.17, 15) is 8.42 Å². The maximum atomic E-state index is 11.3. The summed E-state index contributed by atoms with van der Waals surface area (Å²) in [7, 11) is -1.92. The van der Waals surface area contributed by atoms with Gasteiger partial charge in [0.15, 0.2) is 0 Å². The molecule has 0 saturated carbocycles. The minimum Gasteiger partial charge on any atom is -0.363 e. The van der Waals surface area contributed by atoms with Gasteiger partial charge in [0.25, 0.3) is 0 Å². The summed E-state index contributed by atoms with van der Waals surface area (Å²) in [5.41, 5.74) is 0.862. The Hall–Kier alpha value is -0.850. The van der Waals surface area contributed by atoms with Crippen LogP contribution in [0.3, 0.4) is 0 Å². The van der Waals surface area contributed by atoms with Crippen molar-refractivity contribution in [3.8, 4) is 0 Å². The van der Waals surface area contributed by atoms with Gasteiger partial charge in [-0.05, 0) is 19.7 Å². The monoisotopic (exact) mass is 217 g/mol. The van der Waals surface area contributed by atoms with Crippen LogP contribution >= 0.6 is 0 Å². The predicted octanol–water partition coefficient (Wildman–Crippen LogP) is 0.0323. The summed E-state index contributed by atoms with van der Waals surface area (Å²) in [6.45, 7) is 3.50. The summed E-state index contributed by atoms with van der Waals surface area (Å²) in [6.07, 6.45) is 1.48. The molecule has 0 saturated heterocycles. The molecule has 0 unspecified atom stereocenters. The van der Waals surface area contributed by atoms with Crippen molar-refractivity contribution in [3.63, 3.8) is 0 Å². The van der Waals surface area contributed by atoms with E-state index in [0.29, 0.717) is 6.54 Å². The summed E-state index contributed by atoms with van der Waals surface area (Å²) in [6, 6.07) is 1.62. The summed E-state index contributed by atoms with van der Waals surface area (Å²) in [4.78, 5) is 3.17. The molecule has 0 aromatic carbocycles. The number of sulfonamides is 1. The lowest BCUT2D eigenvalue weighted by Crippen LogP contribution is -2.17. The van der Waals surface area contributed by atoms with E-state index in [2.05, 4.69) is 15.0 Å². The van der Waals surface area contributed by atoms with E-state index in [-0.39, 0.29) is 4.90 Å². The molecule has 14 heavy (non-hydrogen) atoms. The summed E-state index contributed by atoms with van der Waals surface area (Å²) in [5.74, 6) is 0. The van der Waals surface area contributed by atoms with Crippen LogP contribution in [0.1, 0.15) is 12.6 Å². The van der Waals surface area contributed by atoms with Crippen molar-refractivity contribution in [1.29, 1.82) is 0 Å². The molecular formula is C8H15N3O2S. The number of hydrogen-bond donors (Lipinski definition) is 3. The molecule has 3 N–H and O–H groups in total. The van der Waals surface area contributed by atoms with Crippen LogP contribution in [0.5, 0.6) is 0 Å². The van der Waals surface area contributed by atoms with Crippen LogP contribution in [0, 0.1) is 0 Å². The van der Waals surface area contributed by atoms with Gasteiger partial charge >= 0.3 is 0 Å². The van der Waals surface area contributed by atoms with Gasteiger partial charge in [-0.2, -0.15) is 0 Å². The lowest BCUT2D eigenvalue weighted by Gasteiger charge is -1.97. The molecule has 0 bridgehead atoms. The van der Waals surface area contributed by atoms with Crippen molar-refractivity contribution in [1.82, 2.24) is 15.0 Å². The van der Waals surface area contributed by atoms with Crippen LogP contribution in [-0.4, -0.2) is 27.0 Å². The minimum atomic E-state index is -3.31. The molecule has 1 rings (SSSR count). The first-order valence-corrected chi connectivity index (χ1v) is 5.90. The number of aromatic amines is 1. The zero-order valence-electron chi connectivity index (χ0n) is 8.29. The molecule has 80 valence electrons. The van der Waals surface area contributed by atoms with E-state index < -0.39 is 10.0 Å². The van der Waals surface area contributed by atoms with Crippen LogP contribution < -0.4 is 10.0 Å². The average Bonchev–Trinajstić information content (AvgIpc) is 2.63. The zero-order chi connectivity index (χ0) is 10.6. The van der Waals surface area contributed by atoms with E-state index >= 15 is 0 Å². The van der Waals surface area contributed by atoms with Crippen LogP contribution in [0.25, 0.3) is 0 Å². The Morgan fingerprint density at radius 1 is 1.50 bits per heavy atom. The first-order chi connectivity index (χ1) is 6.60. The minimum absolute atomic E-state index is 0.271. The number of nitrogens with one attached hydrogen (secondary N) is 3. The highest BCUT2D eigenvalue weighted by molar-refractivity contribution is 7.89. The van der Waals surface area contributed by atoms with Gasteiger partial charge in [0, 0.05) is 18.4 Å². The highest BCUT2D eigenvalue weighted by Gasteiger charge is 2.12. The lowest BCUT2D eigenvalue weighted by atomic mass is 10.4. The van der Waals surface area contributed by atoms with E-state index in [1.54, 1.807) is 6.07 Å². The van der Waals surface area contributed by atoms with Gasteiger partial charge in [-0.3, -0.25) is 0 Å². The summed E-state index contributed by atoms with van der Waals surface area (Å²) >= 11 is 0. The topological polar surface area (TPSA) is 74.0 Å². The van der Waals surface area contributed by atoms with E-state index in [1.165, 1.54) is 13.2 Å². The Morgan fingerprint density at radius 2 is 2.21 bits per heavy atom. The summed E-state index contributed by atoms with van der Waals surface area (Å²) in [5, 5.41) is 3.10. The molecule has 0 aliphatic heterocycles. The Balaban J connectivity index is 2.78. The maximum Gasteiger partial charge on any atom is 0.241 e. The fourth-order valence-corrected chi connectivity index (χ4v) is 1.80. The van der Waals surface area contributed by atoms with Gasteiger partial charge in [-0.25, -0.2) is 13.1 Å². The molecule has 5 nitrogen and oxygen atoms in total. The van der Waals surface area contributed by atoms with Gasteiger partial charge < -0.3 is 10.3 Å². The molecule has 0 atom stereocenters. The number of aromatic nitrogens is 1. The van der Waals surface area contributed by atoms with Crippen LogP contribution in [0.15, 0.2) is 17.2 Å². The third kappa shape index (κ3) is 2.57. The number of H-pyrrole nitrogens is 1. The van der Waals surface area contributed by atoms with Crippen molar-refractivity contribution in [2.75, 3.05) is 13.6 Å². The highest BCUT2D eigenvalue weighted by atomic mass is 32.2. The fourth-order valence-electron chi connectivity index (χ4n) is 1.05. The molecule has 1 aromatic rings. The van der Waals surface area contributed by atoms with Crippen molar-refractivity contribution in [3.05, 3.63) is 18.0 Å². The Labute approximate surface area is 84.0 Å². The Bertz CT molecular complexity index is 383. The van der Waals surface area contributed by atoms with Gasteiger partial charge in [0.05, 0.1) is 4.90 Å². The van der Waals surface area contributed by atoms with Crippen LogP contribution in [-0.2, 0) is 16.6 Å². The molecule has 0 amide bonds. The predicted molar refractivity (Wildman–Crippen MR) is 54.4 cm³/mol. The quantitative estimate of drug-likeness (QED) is 0.651. The largest absolute Gasteiger partial charge is 0.363 e. The SMILES string of the molecule is CCNCc1cc(S(=O)(=O)NC)c[nH]1. The fraction of sp³-hybridized carbons (Fsp3) is 0.500. The van der Waals surface area contributed by atoms with Crippen LogP contribution in [0.4, 0.5) is 0 Å². The zero-order valence-corrected chi connectivity index (χ0v) is 9.11. The Morgan fingerprint density at radius 3 is 2.79 bits per heavy atom. The van der Waals surface area contributed by atoms with Gasteiger partial charge in [0.1, 0.15) is 0 Å². The molecule has 6 heteroatoms. The molecular weight excluding hydrogens is 202 g/mol. The molecule has 0 radical (unpaired) electrons. The third-order valence-electron chi connectivity index (χ3n) is 1.86. The van der Waals surface area contributed by atoms with E-state index in [0.717, 1.165) is 12.2 Å². The first kappa shape index (κ1) is 11.2. The smallest absolute Gasteiger partial charge is 0.241 e. The van der Waals surface area contributed by atoms with Crippen molar-refractivity contribution < 1.29 is 8.42 Å². The average molecular weight is 217 g/mol. The second-order valence-corrected chi connectivity index (χ2v) is 4.74.